The van der Waals surface area contributed by atoms with Crippen LogP contribution in [0.5, 0.6) is 0 Å². The lowest BCUT2D eigenvalue weighted by Gasteiger charge is -2.22. The first-order chi connectivity index (χ1) is 15.8. The van der Waals surface area contributed by atoms with E-state index in [1.54, 1.807) is 0 Å². The van der Waals surface area contributed by atoms with Crippen molar-refractivity contribution >= 4 is 27.4 Å². The van der Waals surface area contributed by atoms with Crippen molar-refractivity contribution in [2.24, 2.45) is 11.8 Å². The molecular weight excluding hydrogens is 398 g/mol. The SMILES string of the molecule is O=c1c2c(N3CC4COCC4C3)cccc2ccn1[C@@H]1C[C@@H]1c1ccc2ccccc2n1. The van der Waals surface area contributed by atoms with Gasteiger partial charge in [0, 0.05) is 54.2 Å². The number of nitrogens with zero attached hydrogens (tertiary/aromatic N) is 3. The number of aromatic nitrogens is 2. The largest absolute Gasteiger partial charge is 0.381 e. The van der Waals surface area contributed by atoms with E-state index in [-0.39, 0.29) is 11.6 Å². The van der Waals surface area contributed by atoms with Gasteiger partial charge >= 0.3 is 0 Å². The minimum absolute atomic E-state index is 0.125. The van der Waals surface area contributed by atoms with Gasteiger partial charge in [0.05, 0.1) is 29.8 Å². The predicted octanol–water partition coefficient (Wildman–Crippen LogP) is 4.36. The fraction of sp³-hybridized carbons (Fsp3) is 0.333. The van der Waals surface area contributed by atoms with Crippen molar-refractivity contribution in [1.82, 2.24) is 9.55 Å². The maximum absolute atomic E-state index is 13.7. The summed E-state index contributed by atoms with van der Waals surface area (Å²) in [5.41, 5.74) is 3.31. The number of benzene rings is 2. The zero-order valence-corrected chi connectivity index (χ0v) is 17.9. The molecular formula is C27H25N3O2. The number of pyridine rings is 2. The molecule has 32 heavy (non-hydrogen) atoms. The number of fused-ring (bicyclic) bond motifs is 3. The molecule has 1 saturated carbocycles. The minimum atomic E-state index is 0.125. The third-order valence-corrected chi connectivity index (χ3v) is 7.63. The highest BCUT2D eigenvalue weighted by Crippen LogP contribution is 2.50. The van der Waals surface area contributed by atoms with Gasteiger partial charge in [-0.2, -0.15) is 0 Å². The van der Waals surface area contributed by atoms with E-state index < -0.39 is 0 Å². The molecule has 2 saturated heterocycles. The van der Waals surface area contributed by atoms with Gasteiger partial charge in [-0.15, -0.1) is 0 Å². The maximum Gasteiger partial charge on any atom is 0.260 e. The molecule has 4 heterocycles. The summed E-state index contributed by atoms with van der Waals surface area (Å²) in [6.45, 7) is 3.65. The Balaban J connectivity index is 1.25. The molecule has 2 aromatic heterocycles. The molecule has 7 rings (SSSR count). The summed E-state index contributed by atoms with van der Waals surface area (Å²) in [5.74, 6) is 1.47. The van der Waals surface area contributed by atoms with Crippen LogP contribution < -0.4 is 10.5 Å². The summed E-state index contributed by atoms with van der Waals surface area (Å²) < 4.78 is 7.60. The third kappa shape index (κ3) is 2.81. The van der Waals surface area contributed by atoms with Gasteiger partial charge in [0.2, 0.25) is 0 Å². The zero-order chi connectivity index (χ0) is 21.2. The number of anilines is 1. The Bertz CT molecular complexity index is 1400. The van der Waals surface area contributed by atoms with Crippen LogP contribution in [0.4, 0.5) is 5.69 Å². The molecule has 3 fully saturated rings. The second-order valence-electron chi connectivity index (χ2n) is 9.57. The van der Waals surface area contributed by atoms with Crippen molar-refractivity contribution in [3.63, 3.8) is 0 Å². The first-order valence-corrected chi connectivity index (χ1v) is 11.6. The van der Waals surface area contributed by atoms with Gasteiger partial charge in [-0.05, 0) is 36.1 Å². The third-order valence-electron chi connectivity index (χ3n) is 7.63. The van der Waals surface area contributed by atoms with Crippen LogP contribution in [-0.4, -0.2) is 35.9 Å². The fourth-order valence-corrected chi connectivity index (χ4v) is 5.79. The van der Waals surface area contributed by atoms with Gasteiger partial charge in [-0.1, -0.05) is 36.4 Å². The van der Waals surface area contributed by atoms with Gasteiger partial charge in [0.25, 0.3) is 5.56 Å². The Morgan fingerprint density at radius 2 is 1.69 bits per heavy atom. The first-order valence-electron chi connectivity index (χ1n) is 11.6. The Morgan fingerprint density at radius 3 is 2.56 bits per heavy atom. The molecule has 0 bridgehead atoms. The minimum Gasteiger partial charge on any atom is -0.381 e. The Labute approximate surface area is 186 Å². The number of hydrogen-bond acceptors (Lipinski definition) is 4. The van der Waals surface area contributed by atoms with Crippen LogP contribution in [-0.2, 0) is 4.74 Å². The van der Waals surface area contributed by atoms with E-state index in [0.717, 1.165) is 65.8 Å². The van der Waals surface area contributed by atoms with E-state index in [2.05, 4.69) is 53.4 Å². The van der Waals surface area contributed by atoms with Crippen LogP contribution in [0.15, 0.2) is 71.7 Å². The molecule has 5 nitrogen and oxygen atoms in total. The monoisotopic (exact) mass is 423 g/mol. The molecule has 4 aromatic rings. The summed E-state index contributed by atoms with van der Waals surface area (Å²) in [7, 11) is 0. The molecule has 0 spiro atoms. The normalized spacial score (nSPS) is 26.7. The highest BCUT2D eigenvalue weighted by atomic mass is 16.5. The molecule has 3 aliphatic rings. The van der Waals surface area contributed by atoms with Crippen molar-refractivity contribution in [3.8, 4) is 0 Å². The quantitative estimate of drug-likeness (QED) is 0.491. The molecule has 1 aliphatic carbocycles. The van der Waals surface area contributed by atoms with Crippen LogP contribution in [0.1, 0.15) is 24.1 Å². The maximum atomic E-state index is 13.7. The summed E-state index contributed by atoms with van der Waals surface area (Å²) in [4.78, 5) is 21.0. The van der Waals surface area contributed by atoms with Gasteiger partial charge < -0.3 is 14.2 Å². The highest BCUT2D eigenvalue weighted by Gasteiger charge is 2.42. The number of rotatable bonds is 3. The fourth-order valence-electron chi connectivity index (χ4n) is 5.79. The number of para-hydroxylation sites is 1. The first kappa shape index (κ1) is 18.4. The average Bonchev–Trinajstić information content (AvgIpc) is 3.31. The van der Waals surface area contributed by atoms with Crippen molar-refractivity contribution in [1.29, 1.82) is 0 Å². The standard InChI is InChI=1S/C27H25N3O2/c31-27-26-18(5-3-7-24(26)29-13-19-15-32-16-20(19)14-29)10-11-30(27)25-12-21(25)23-9-8-17-4-1-2-6-22(17)28-23/h1-11,19-21,25H,12-16H2/t19?,20?,21-,25-/m1/s1. The summed E-state index contributed by atoms with van der Waals surface area (Å²) in [6, 6.07) is 21.0. The molecule has 0 amide bonds. The predicted molar refractivity (Wildman–Crippen MR) is 126 cm³/mol. The van der Waals surface area contributed by atoms with Crippen molar-refractivity contribution in [3.05, 3.63) is 82.9 Å². The van der Waals surface area contributed by atoms with Crippen LogP contribution in [0.2, 0.25) is 0 Å². The topological polar surface area (TPSA) is 47.4 Å². The second kappa shape index (κ2) is 6.91. The number of ether oxygens (including phenoxy) is 1. The summed E-state index contributed by atoms with van der Waals surface area (Å²) >= 11 is 0. The van der Waals surface area contributed by atoms with Crippen LogP contribution in [0.25, 0.3) is 21.7 Å². The van der Waals surface area contributed by atoms with E-state index in [9.17, 15) is 4.79 Å². The molecule has 4 atom stereocenters. The molecule has 2 aliphatic heterocycles. The molecule has 0 radical (unpaired) electrons. The van der Waals surface area contributed by atoms with Gasteiger partial charge in [-0.25, -0.2) is 0 Å². The van der Waals surface area contributed by atoms with E-state index in [1.807, 2.05) is 22.9 Å². The molecule has 2 unspecified atom stereocenters. The summed E-state index contributed by atoms with van der Waals surface area (Å²) in [6.07, 6.45) is 2.94. The van der Waals surface area contributed by atoms with Crippen molar-refractivity contribution in [2.45, 2.75) is 18.4 Å². The zero-order valence-electron chi connectivity index (χ0n) is 17.9. The Morgan fingerprint density at radius 1 is 0.875 bits per heavy atom. The average molecular weight is 424 g/mol. The van der Waals surface area contributed by atoms with Crippen LogP contribution >= 0.6 is 0 Å². The van der Waals surface area contributed by atoms with Crippen molar-refractivity contribution in [2.75, 3.05) is 31.2 Å². The molecule has 2 aromatic carbocycles. The Hall–Kier alpha value is -3.18. The van der Waals surface area contributed by atoms with E-state index >= 15 is 0 Å². The smallest absolute Gasteiger partial charge is 0.260 e. The molecule has 5 heteroatoms. The number of hydrogen-bond donors (Lipinski definition) is 0. The lowest BCUT2D eigenvalue weighted by atomic mass is 10.0. The lowest BCUT2D eigenvalue weighted by molar-refractivity contribution is 0.177. The second-order valence-corrected chi connectivity index (χ2v) is 9.57. The highest BCUT2D eigenvalue weighted by molar-refractivity contribution is 5.93. The molecule has 160 valence electrons. The lowest BCUT2D eigenvalue weighted by Crippen LogP contribution is -2.26. The van der Waals surface area contributed by atoms with Crippen LogP contribution in [0.3, 0.4) is 0 Å². The van der Waals surface area contributed by atoms with Gasteiger partial charge in [-0.3, -0.25) is 9.78 Å². The van der Waals surface area contributed by atoms with E-state index in [4.69, 9.17) is 9.72 Å². The van der Waals surface area contributed by atoms with Gasteiger partial charge in [0.1, 0.15) is 0 Å². The van der Waals surface area contributed by atoms with Crippen molar-refractivity contribution < 1.29 is 4.74 Å². The Kier molecular flexibility index (Phi) is 3.97. The molecule has 0 N–H and O–H groups in total. The summed E-state index contributed by atoms with van der Waals surface area (Å²) in [5, 5.41) is 3.04. The van der Waals surface area contributed by atoms with E-state index in [0.29, 0.717) is 17.8 Å². The van der Waals surface area contributed by atoms with Gasteiger partial charge in [0.15, 0.2) is 0 Å². The van der Waals surface area contributed by atoms with E-state index in [1.165, 1.54) is 0 Å². The van der Waals surface area contributed by atoms with Crippen LogP contribution in [0, 0.1) is 11.8 Å².